The van der Waals surface area contributed by atoms with Crippen molar-refractivity contribution in [1.29, 1.82) is 0 Å². The Balaban J connectivity index is 1.41. The number of carbonyl (C=O) groups excluding carboxylic acids is 2. The van der Waals surface area contributed by atoms with Crippen molar-refractivity contribution >= 4 is 34.0 Å². The molecule has 15 nitrogen and oxygen atoms in total. The van der Waals surface area contributed by atoms with Crippen LogP contribution in [0.3, 0.4) is 0 Å². The first-order valence-corrected chi connectivity index (χ1v) is 16.9. The number of nitrogens with zero attached hydrogens (tertiary/aromatic N) is 8. The molecule has 256 valence electrons. The number of aliphatic hydroxyl groups is 1. The van der Waals surface area contributed by atoms with Crippen LogP contribution in [0.2, 0.25) is 5.02 Å². The van der Waals surface area contributed by atoms with E-state index in [0.717, 1.165) is 22.2 Å². The Labute approximate surface area is 276 Å². The molecule has 1 saturated heterocycles. The number of amides is 2. The van der Waals surface area contributed by atoms with Crippen LogP contribution in [-0.4, -0.2) is 108 Å². The molecule has 2 fully saturated rings. The topological polar surface area (TPSA) is 194 Å². The Bertz CT molecular complexity index is 1900. The lowest BCUT2D eigenvalue weighted by Crippen LogP contribution is -2.43. The van der Waals surface area contributed by atoms with Gasteiger partial charge < -0.3 is 15.3 Å². The third-order valence-electron chi connectivity index (χ3n) is 7.70. The highest BCUT2D eigenvalue weighted by Gasteiger charge is 2.39. The summed E-state index contributed by atoms with van der Waals surface area (Å²) in [5.41, 5.74) is -0.721. The van der Waals surface area contributed by atoms with Gasteiger partial charge in [0.25, 0.3) is 11.8 Å². The van der Waals surface area contributed by atoms with E-state index in [1.54, 1.807) is 0 Å². The van der Waals surface area contributed by atoms with Crippen molar-refractivity contribution in [3.8, 4) is 17.2 Å². The third-order valence-corrected chi connectivity index (χ3v) is 9.62. The highest BCUT2D eigenvalue weighted by molar-refractivity contribution is 8.24. The van der Waals surface area contributed by atoms with Gasteiger partial charge in [-0.3, -0.25) is 23.3 Å². The van der Waals surface area contributed by atoms with E-state index in [1.165, 1.54) is 47.5 Å². The van der Waals surface area contributed by atoms with Crippen molar-refractivity contribution < 1.29 is 37.0 Å². The van der Waals surface area contributed by atoms with Gasteiger partial charge >= 0.3 is 11.9 Å². The van der Waals surface area contributed by atoms with E-state index in [1.807, 2.05) is 0 Å². The van der Waals surface area contributed by atoms with Crippen molar-refractivity contribution in [2.45, 2.75) is 44.3 Å². The predicted octanol–water partition coefficient (Wildman–Crippen LogP) is 2.41. The SMILES string of the molecule is O=C(NC1CC1)c1cccnc1-n1nc(Cn2nc(-c3ccc(Cl)cc3)n(C[C@H](O)C(F)(F)F)c2=O)nc1C(=O)N1CCS(O)(O)CC1. The molecular weight excluding hydrogens is 683 g/mol. The van der Waals surface area contributed by atoms with Crippen LogP contribution in [0.5, 0.6) is 0 Å². The average molecular weight is 712 g/mol. The summed E-state index contributed by atoms with van der Waals surface area (Å²) >= 11 is 5.96. The fourth-order valence-corrected chi connectivity index (χ4v) is 6.30. The number of rotatable bonds is 9. The van der Waals surface area contributed by atoms with Crippen LogP contribution < -0.4 is 11.0 Å². The fourth-order valence-electron chi connectivity index (χ4n) is 4.94. The van der Waals surface area contributed by atoms with Crippen LogP contribution in [0.15, 0.2) is 47.4 Å². The van der Waals surface area contributed by atoms with Gasteiger partial charge in [-0.15, -0.1) is 10.2 Å². The molecule has 20 heteroatoms. The molecule has 0 spiro atoms. The number of nitrogens with one attached hydrogen (secondary N) is 1. The molecule has 6 rings (SSSR count). The number of alkyl halides is 3. The van der Waals surface area contributed by atoms with Gasteiger partial charge in [0.15, 0.2) is 23.6 Å². The first-order chi connectivity index (χ1) is 22.7. The molecule has 1 atom stereocenters. The minimum atomic E-state index is -5.03. The van der Waals surface area contributed by atoms with Crippen LogP contribution >= 0.6 is 22.2 Å². The van der Waals surface area contributed by atoms with E-state index in [0.29, 0.717) is 9.59 Å². The zero-order valence-corrected chi connectivity index (χ0v) is 26.5. The van der Waals surface area contributed by atoms with Crippen molar-refractivity contribution in [2.75, 3.05) is 24.6 Å². The van der Waals surface area contributed by atoms with Crippen LogP contribution in [0.25, 0.3) is 17.2 Å². The molecule has 1 saturated carbocycles. The lowest BCUT2D eigenvalue weighted by atomic mass is 10.2. The molecular formula is C28H29ClF3N9O6S. The molecule has 1 aromatic carbocycles. The lowest BCUT2D eigenvalue weighted by Gasteiger charge is -2.40. The highest BCUT2D eigenvalue weighted by atomic mass is 35.5. The number of carbonyl (C=O) groups is 2. The average Bonchev–Trinajstić information content (AvgIpc) is 3.68. The van der Waals surface area contributed by atoms with Gasteiger partial charge in [0.05, 0.1) is 23.6 Å². The Morgan fingerprint density at radius 2 is 1.77 bits per heavy atom. The standard InChI is InChI=1S/C28H29ClF3N9O6S/c29-17-5-3-16(4-6-17)22-37-40(27(45)39(22)14-20(42)28(30,31)32)15-21-35-24(26(44)38-10-12-48(46,47)13-11-38)41(36-21)23-19(2-1-9-33-23)25(43)34-18-7-8-18/h1-6,9,18,20,42,46-47H,7-8,10-15H2,(H,34,43)/t20-/m0/s1. The largest absolute Gasteiger partial charge is 0.416 e. The lowest BCUT2D eigenvalue weighted by molar-refractivity contribution is -0.207. The second kappa shape index (κ2) is 13.0. The summed E-state index contributed by atoms with van der Waals surface area (Å²) in [6.07, 6.45) is -4.90. The van der Waals surface area contributed by atoms with Gasteiger partial charge in [-0.1, -0.05) is 11.6 Å². The molecule has 2 amide bonds. The third kappa shape index (κ3) is 7.24. The Hall–Kier alpha value is -4.30. The monoisotopic (exact) mass is 711 g/mol. The maximum atomic E-state index is 13.8. The smallest absolute Gasteiger partial charge is 0.382 e. The van der Waals surface area contributed by atoms with Gasteiger partial charge in [0, 0.05) is 35.9 Å². The predicted molar refractivity (Wildman–Crippen MR) is 166 cm³/mol. The van der Waals surface area contributed by atoms with E-state index in [-0.39, 0.29) is 65.1 Å². The summed E-state index contributed by atoms with van der Waals surface area (Å²) in [7, 11) is -2.85. The Kier molecular flexibility index (Phi) is 9.07. The van der Waals surface area contributed by atoms with E-state index < -0.39 is 53.5 Å². The van der Waals surface area contributed by atoms with Crippen molar-refractivity contribution in [2.24, 2.45) is 0 Å². The second-order valence-corrected chi connectivity index (χ2v) is 14.2. The number of hydrogen-bond acceptors (Lipinski definition) is 10. The summed E-state index contributed by atoms with van der Waals surface area (Å²) in [4.78, 5) is 50.3. The fraction of sp³-hybridized carbons (Fsp3) is 0.393. The minimum Gasteiger partial charge on any atom is -0.382 e. The first-order valence-electron chi connectivity index (χ1n) is 14.6. The van der Waals surface area contributed by atoms with E-state index in [2.05, 4.69) is 25.5 Å². The van der Waals surface area contributed by atoms with Gasteiger partial charge in [-0.2, -0.15) is 28.4 Å². The highest BCUT2D eigenvalue weighted by Crippen LogP contribution is 2.40. The molecule has 3 aromatic heterocycles. The van der Waals surface area contributed by atoms with E-state index in [4.69, 9.17) is 11.6 Å². The molecule has 2 aliphatic rings. The molecule has 1 aliphatic carbocycles. The summed E-state index contributed by atoms with van der Waals surface area (Å²) in [6, 6.07) is 8.81. The van der Waals surface area contributed by atoms with Crippen LogP contribution in [0.1, 0.15) is 39.6 Å². The zero-order valence-electron chi connectivity index (χ0n) is 24.9. The molecule has 0 bridgehead atoms. The Morgan fingerprint density at radius 1 is 1.08 bits per heavy atom. The summed E-state index contributed by atoms with van der Waals surface area (Å²) in [6.45, 7) is -1.70. The number of halogens is 4. The molecule has 4 heterocycles. The number of aliphatic hydroxyl groups excluding tert-OH is 1. The summed E-state index contributed by atoms with van der Waals surface area (Å²) < 4.78 is 62.6. The van der Waals surface area contributed by atoms with Crippen LogP contribution in [0, 0.1) is 0 Å². The van der Waals surface area contributed by atoms with Crippen LogP contribution in [-0.2, 0) is 13.1 Å². The van der Waals surface area contributed by atoms with Crippen molar-refractivity contribution in [3.05, 3.63) is 75.3 Å². The normalized spacial score (nSPS) is 17.6. The summed E-state index contributed by atoms with van der Waals surface area (Å²) in [5.74, 6) is -1.97. The van der Waals surface area contributed by atoms with Gasteiger partial charge in [-0.05, 0) is 49.2 Å². The zero-order chi connectivity index (χ0) is 34.4. The quantitative estimate of drug-likeness (QED) is 0.200. The maximum Gasteiger partial charge on any atom is 0.416 e. The molecule has 0 unspecified atom stereocenters. The Morgan fingerprint density at radius 3 is 2.42 bits per heavy atom. The summed E-state index contributed by atoms with van der Waals surface area (Å²) in [5, 5.41) is 21.6. The molecule has 1 aliphatic heterocycles. The van der Waals surface area contributed by atoms with Crippen LogP contribution in [0.4, 0.5) is 13.2 Å². The van der Waals surface area contributed by atoms with Crippen molar-refractivity contribution in [3.63, 3.8) is 0 Å². The molecule has 48 heavy (non-hydrogen) atoms. The van der Waals surface area contributed by atoms with Gasteiger partial charge in [0.1, 0.15) is 6.54 Å². The molecule has 4 N–H and O–H groups in total. The van der Waals surface area contributed by atoms with Crippen molar-refractivity contribution in [1.82, 2.24) is 44.3 Å². The maximum absolute atomic E-state index is 13.8. The van der Waals surface area contributed by atoms with Gasteiger partial charge in [-0.25, -0.2) is 19.4 Å². The van der Waals surface area contributed by atoms with E-state index >= 15 is 0 Å². The second-order valence-electron chi connectivity index (χ2n) is 11.3. The number of hydrogen-bond donors (Lipinski definition) is 4. The molecule has 0 radical (unpaired) electrons. The number of pyridine rings is 1. The van der Waals surface area contributed by atoms with E-state index in [9.17, 15) is 41.8 Å². The van der Waals surface area contributed by atoms with Gasteiger partial charge in [0.2, 0.25) is 5.82 Å². The number of aromatic nitrogens is 7. The minimum absolute atomic E-state index is 0.00117. The molecule has 4 aromatic rings. The first kappa shape index (κ1) is 33.6. The number of benzene rings is 1.